The molecule has 1 aliphatic heterocycles. The summed E-state index contributed by atoms with van der Waals surface area (Å²) in [6.45, 7) is 2.56. The number of amides is 2. The number of nitrogens with zero attached hydrogens (tertiary/aromatic N) is 2. The Morgan fingerprint density at radius 1 is 1.26 bits per heavy atom. The lowest BCUT2D eigenvalue weighted by atomic mass is 10.2. The van der Waals surface area contributed by atoms with Crippen LogP contribution in [0.5, 0.6) is 0 Å². The predicted molar refractivity (Wildman–Crippen MR) is 74.5 cm³/mol. The Morgan fingerprint density at radius 2 is 1.79 bits per heavy atom. The lowest BCUT2D eigenvalue weighted by molar-refractivity contribution is -0.136. The van der Waals surface area contributed by atoms with Crippen LogP contribution >= 0.6 is 12.6 Å². The fraction of sp³-hybridized carbons (Fsp3) is 0.800. The van der Waals surface area contributed by atoms with Crippen molar-refractivity contribution in [3.05, 3.63) is 0 Å². The number of sulfonamides is 1. The molecule has 1 atom stereocenters. The molecule has 19 heavy (non-hydrogen) atoms. The van der Waals surface area contributed by atoms with Crippen LogP contribution in [0.2, 0.25) is 0 Å². The number of carbonyl (C=O) groups is 2. The molecular formula is C10H19N3O4S2. The first-order chi connectivity index (χ1) is 8.75. The fourth-order valence-corrected chi connectivity index (χ4v) is 2.97. The van der Waals surface area contributed by atoms with Gasteiger partial charge < -0.3 is 10.2 Å². The van der Waals surface area contributed by atoms with Gasteiger partial charge >= 0.3 is 0 Å². The Labute approximate surface area is 118 Å². The molecule has 0 saturated carbocycles. The highest BCUT2D eigenvalue weighted by molar-refractivity contribution is 7.88. The summed E-state index contributed by atoms with van der Waals surface area (Å²) in [4.78, 5) is 24.7. The molecule has 2 amide bonds. The van der Waals surface area contributed by atoms with Gasteiger partial charge in [-0.15, -0.1) is 0 Å². The number of hydrogen-bond acceptors (Lipinski definition) is 5. The van der Waals surface area contributed by atoms with E-state index in [2.05, 4.69) is 17.9 Å². The lowest BCUT2D eigenvalue weighted by Crippen LogP contribution is -2.56. The van der Waals surface area contributed by atoms with Gasteiger partial charge in [0, 0.05) is 38.9 Å². The van der Waals surface area contributed by atoms with Gasteiger partial charge in [0.25, 0.3) is 0 Å². The zero-order valence-corrected chi connectivity index (χ0v) is 12.7. The van der Waals surface area contributed by atoms with Crippen molar-refractivity contribution >= 4 is 34.5 Å². The fourth-order valence-electron chi connectivity index (χ4n) is 1.89. The van der Waals surface area contributed by atoms with Crippen molar-refractivity contribution in [1.29, 1.82) is 0 Å². The Hall–Kier alpha value is -0.800. The van der Waals surface area contributed by atoms with Crippen molar-refractivity contribution in [1.82, 2.24) is 14.5 Å². The molecule has 0 aromatic rings. The molecule has 0 aromatic carbocycles. The third-order valence-electron chi connectivity index (χ3n) is 2.88. The van der Waals surface area contributed by atoms with Crippen LogP contribution < -0.4 is 5.32 Å². The second-order valence-electron chi connectivity index (χ2n) is 4.42. The van der Waals surface area contributed by atoms with Crippen LogP contribution in [0, 0.1) is 0 Å². The second kappa shape index (κ2) is 6.58. The molecule has 0 aliphatic carbocycles. The number of rotatable bonds is 4. The van der Waals surface area contributed by atoms with E-state index < -0.39 is 16.1 Å². The van der Waals surface area contributed by atoms with Crippen LogP contribution in [0.1, 0.15) is 6.92 Å². The van der Waals surface area contributed by atoms with E-state index in [4.69, 9.17) is 0 Å². The summed E-state index contributed by atoms with van der Waals surface area (Å²) >= 11 is 4.04. The number of hydrogen-bond donors (Lipinski definition) is 2. The van der Waals surface area contributed by atoms with Crippen molar-refractivity contribution < 1.29 is 18.0 Å². The average molecular weight is 309 g/mol. The molecule has 0 radical (unpaired) electrons. The molecule has 1 unspecified atom stereocenters. The summed E-state index contributed by atoms with van der Waals surface area (Å²) in [7, 11) is -3.21. The highest BCUT2D eigenvalue weighted by Gasteiger charge is 2.29. The van der Waals surface area contributed by atoms with Crippen LogP contribution in [0.25, 0.3) is 0 Å². The van der Waals surface area contributed by atoms with Crippen LogP contribution in [-0.4, -0.2) is 73.7 Å². The van der Waals surface area contributed by atoms with E-state index in [1.54, 1.807) is 4.90 Å². The van der Waals surface area contributed by atoms with Crippen LogP contribution in [0.15, 0.2) is 0 Å². The molecule has 1 saturated heterocycles. The third-order valence-corrected chi connectivity index (χ3v) is 4.55. The molecule has 1 rings (SSSR count). The van der Waals surface area contributed by atoms with Crippen molar-refractivity contribution in [3.63, 3.8) is 0 Å². The van der Waals surface area contributed by atoms with Gasteiger partial charge in [-0.05, 0) is 0 Å². The lowest BCUT2D eigenvalue weighted by Gasteiger charge is -2.35. The molecule has 1 aliphatic rings. The van der Waals surface area contributed by atoms with Gasteiger partial charge in [0.05, 0.1) is 6.26 Å². The molecule has 0 aromatic heterocycles. The summed E-state index contributed by atoms with van der Waals surface area (Å²) in [5.41, 5.74) is 0. The largest absolute Gasteiger partial charge is 0.344 e. The first kappa shape index (κ1) is 16.3. The number of piperazine rings is 1. The minimum atomic E-state index is -3.21. The van der Waals surface area contributed by atoms with Crippen molar-refractivity contribution in [3.8, 4) is 0 Å². The van der Waals surface area contributed by atoms with Crippen LogP contribution in [0.3, 0.4) is 0 Å². The van der Waals surface area contributed by atoms with Gasteiger partial charge in [-0.1, -0.05) is 0 Å². The maximum Gasteiger partial charge on any atom is 0.246 e. The van der Waals surface area contributed by atoms with E-state index in [9.17, 15) is 18.0 Å². The summed E-state index contributed by atoms with van der Waals surface area (Å²) in [5.74, 6) is -0.300. The number of thiol groups is 1. The van der Waals surface area contributed by atoms with E-state index in [0.717, 1.165) is 6.26 Å². The molecular weight excluding hydrogens is 290 g/mol. The molecule has 1 fully saturated rings. The van der Waals surface area contributed by atoms with E-state index in [-0.39, 0.29) is 30.7 Å². The topological polar surface area (TPSA) is 86.8 Å². The third kappa shape index (κ3) is 4.66. The molecule has 9 heteroatoms. The second-order valence-corrected chi connectivity index (χ2v) is 6.77. The van der Waals surface area contributed by atoms with Crippen molar-refractivity contribution in [2.24, 2.45) is 0 Å². The van der Waals surface area contributed by atoms with Crippen LogP contribution in [0.4, 0.5) is 0 Å². The summed E-state index contributed by atoms with van der Waals surface area (Å²) < 4.78 is 24.0. The molecule has 0 spiro atoms. The predicted octanol–water partition coefficient (Wildman–Crippen LogP) is -1.48. The smallest absolute Gasteiger partial charge is 0.246 e. The zero-order chi connectivity index (χ0) is 14.6. The van der Waals surface area contributed by atoms with E-state index in [1.807, 2.05) is 0 Å². The van der Waals surface area contributed by atoms with Gasteiger partial charge in [-0.25, -0.2) is 8.42 Å². The molecule has 7 nitrogen and oxygen atoms in total. The van der Waals surface area contributed by atoms with Gasteiger partial charge in [-0.3, -0.25) is 9.59 Å². The minimum Gasteiger partial charge on any atom is -0.344 e. The monoisotopic (exact) mass is 309 g/mol. The molecule has 0 bridgehead atoms. The molecule has 110 valence electrons. The van der Waals surface area contributed by atoms with Gasteiger partial charge in [-0.2, -0.15) is 16.9 Å². The number of carbonyl (C=O) groups excluding carboxylic acids is 2. The number of nitrogens with one attached hydrogen (secondary N) is 1. The summed E-state index contributed by atoms with van der Waals surface area (Å²) in [6.07, 6.45) is 1.15. The Kier molecular flexibility index (Phi) is 5.63. The normalized spacial score (nSPS) is 19.0. The minimum absolute atomic E-state index is 0.213. The van der Waals surface area contributed by atoms with E-state index >= 15 is 0 Å². The highest BCUT2D eigenvalue weighted by Crippen LogP contribution is 2.08. The summed E-state index contributed by atoms with van der Waals surface area (Å²) in [5, 5.41) is 2.53. The first-order valence-corrected chi connectivity index (χ1v) is 8.35. The summed E-state index contributed by atoms with van der Waals surface area (Å²) in [6, 6.07) is -0.661. The van der Waals surface area contributed by atoms with Crippen molar-refractivity contribution in [2.45, 2.75) is 13.0 Å². The van der Waals surface area contributed by atoms with Gasteiger partial charge in [0.2, 0.25) is 21.8 Å². The standard InChI is InChI=1S/C10H19N3O4S2/c1-8(14)11-9(7-18)10(15)12-3-5-13(6-4-12)19(2,16)17/h9,18H,3-7H2,1-2H3,(H,11,14). The maximum absolute atomic E-state index is 12.1. The Morgan fingerprint density at radius 3 is 2.16 bits per heavy atom. The van der Waals surface area contributed by atoms with E-state index in [0.29, 0.717) is 13.1 Å². The Bertz CT molecular complexity index is 444. The van der Waals surface area contributed by atoms with Crippen LogP contribution in [-0.2, 0) is 19.6 Å². The van der Waals surface area contributed by atoms with Gasteiger partial charge in [0.15, 0.2) is 0 Å². The zero-order valence-electron chi connectivity index (χ0n) is 11.0. The van der Waals surface area contributed by atoms with Crippen molar-refractivity contribution in [2.75, 3.05) is 38.2 Å². The SMILES string of the molecule is CC(=O)NC(CS)C(=O)N1CCN(S(C)(=O)=O)CC1. The quantitative estimate of drug-likeness (QED) is 0.621. The highest BCUT2D eigenvalue weighted by atomic mass is 32.2. The Balaban J connectivity index is 2.59. The maximum atomic E-state index is 12.1. The molecule has 1 N–H and O–H groups in total. The first-order valence-electron chi connectivity index (χ1n) is 5.87. The average Bonchev–Trinajstić information content (AvgIpc) is 2.34. The van der Waals surface area contributed by atoms with Gasteiger partial charge in [0.1, 0.15) is 6.04 Å². The molecule has 1 heterocycles. The van der Waals surface area contributed by atoms with E-state index in [1.165, 1.54) is 11.2 Å².